The third-order valence-electron chi connectivity index (χ3n) is 2.65. The Kier molecular flexibility index (Phi) is 3.51. The number of nitro benzene ring substituents is 1. The fourth-order valence-electron chi connectivity index (χ4n) is 1.73. The number of rotatable bonds is 3. The van der Waals surface area contributed by atoms with E-state index < -0.39 is 40.7 Å². The monoisotopic (exact) mass is 317 g/mol. The van der Waals surface area contributed by atoms with Gasteiger partial charge in [0.15, 0.2) is 5.85 Å². The first kappa shape index (κ1) is 15.1. The van der Waals surface area contributed by atoms with Crippen molar-refractivity contribution in [1.29, 1.82) is 0 Å². The molecule has 0 spiro atoms. The summed E-state index contributed by atoms with van der Waals surface area (Å²) in [5.41, 5.74) is -3.96. The van der Waals surface area contributed by atoms with Gasteiger partial charge in [0.25, 0.3) is 5.69 Å². The van der Waals surface area contributed by atoms with Crippen LogP contribution in [0.4, 0.5) is 5.69 Å². The first-order valence-electron chi connectivity index (χ1n) is 5.29. The predicted octanol–water partition coefficient (Wildman–Crippen LogP) is -0.707. The molecule has 0 aliphatic heterocycles. The van der Waals surface area contributed by atoms with Crippen LogP contribution in [0.5, 0.6) is 0 Å². The summed E-state index contributed by atoms with van der Waals surface area (Å²) in [6.45, 7) is 0. The lowest BCUT2D eigenvalue weighted by atomic mass is 10.1. The molecule has 0 aliphatic carbocycles. The Morgan fingerprint density at radius 2 is 1.76 bits per heavy atom. The largest absolute Gasteiger partial charge is 0.376 e. The lowest BCUT2D eigenvalue weighted by Crippen LogP contribution is -2.29. The second-order valence-corrected chi connectivity index (χ2v) is 5.75. The molecule has 0 aliphatic rings. The highest BCUT2D eigenvalue weighted by atomic mass is 31.2. The summed E-state index contributed by atoms with van der Waals surface area (Å²) in [5.74, 6) is -2.39. The number of aromatic nitrogens is 2. The second-order valence-electron chi connectivity index (χ2n) is 4.09. The van der Waals surface area contributed by atoms with Gasteiger partial charge in [-0.2, -0.15) is 0 Å². The SMILES string of the molecule is O=c1[nH]c2cc([N+](=O)[O-])cc(C(O)P(=O)(O)O)c2[nH]c1=O. The van der Waals surface area contributed by atoms with E-state index in [9.17, 15) is 29.4 Å². The van der Waals surface area contributed by atoms with Crippen molar-refractivity contribution < 1.29 is 24.4 Å². The molecule has 1 heterocycles. The number of nitrogens with one attached hydrogen (secondary N) is 2. The van der Waals surface area contributed by atoms with Crippen LogP contribution < -0.4 is 11.1 Å². The van der Waals surface area contributed by atoms with E-state index in [-0.39, 0.29) is 11.0 Å². The van der Waals surface area contributed by atoms with E-state index in [2.05, 4.69) is 0 Å². The van der Waals surface area contributed by atoms with E-state index in [4.69, 9.17) is 9.79 Å². The number of benzene rings is 1. The highest BCUT2D eigenvalue weighted by Crippen LogP contribution is 2.51. The van der Waals surface area contributed by atoms with E-state index in [1.807, 2.05) is 9.97 Å². The van der Waals surface area contributed by atoms with Crippen LogP contribution in [0.3, 0.4) is 0 Å². The molecule has 11 nitrogen and oxygen atoms in total. The van der Waals surface area contributed by atoms with E-state index in [1.165, 1.54) is 0 Å². The number of non-ortho nitro benzene ring substituents is 1. The van der Waals surface area contributed by atoms with Crippen LogP contribution in [0.25, 0.3) is 11.0 Å². The minimum atomic E-state index is -5.04. The molecule has 0 saturated carbocycles. The lowest BCUT2D eigenvalue weighted by molar-refractivity contribution is -0.384. The van der Waals surface area contributed by atoms with Crippen LogP contribution in [-0.2, 0) is 4.57 Å². The summed E-state index contributed by atoms with van der Waals surface area (Å²) < 4.78 is 11.1. The average molecular weight is 317 g/mol. The molecule has 21 heavy (non-hydrogen) atoms. The van der Waals surface area contributed by atoms with Gasteiger partial charge >= 0.3 is 18.7 Å². The fourth-order valence-corrected chi connectivity index (χ4v) is 2.29. The quantitative estimate of drug-likeness (QED) is 0.212. The molecular weight excluding hydrogens is 309 g/mol. The molecule has 0 fully saturated rings. The Bertz CT molecular complexity index is 894. The highest BCUT2D eigenvalue weighted by Gasteiger charge is 2.31. The topological polar surface area (TPSA) is 187 Å². The smallest absolute Gasteiger partial charge is 0.358 e. The van der Waals surface area contributed by atoms with Crippen molar-refractivity contribution >= 4 is 24.3 Å². The molecule has 0 bridgehead atoms. The van der Waals surface area contributed by atoms with Gasteiger partial charge in [-0.1, -0.05) is 0 Å². The number of hydrogen-bond donors (Lipinski definition) is 5. The zero-order valence-corrected chi connectivity index (χ0v) is 10.9. The molecule has 5 N–H and O–H groups in total. The summed E-state index contributed by atoms with van der Waals surface area (Å²) in [6, 6.07) is 1.60. The van der Waals surface area contributed by atoms with Gasteiger partial charge < -0.3 is 24.9 Å². The molecule has 2 rings (SSSR count). The first-order valence-corrected chi connectivity index (χ1v) is 6.97. The van der Waals surface area contributed by atoms with Crippen LogP contribution in [0.1, 0.15) is 11.4 Å². The van der Waals surface area contributed by atoms with Crippen molar-refractivity contribution in [3.8, 4) is 0 Å². The van der Waals surface area contributed by atoms with E-state index in [0.717, 1.165) is 6.07 Å². The first-order chi connectivity index (χ1) is 9.61. The summed E-state index contributed by atoms with van der Waals surface area (Å²) >= 11 is 0. The molecule has 0 amide bonds. The molecule has 1 atom stereocenters. The number of nitrogens with zero attached hydrogens (tertiary/aromatic N) is 1. The number of nitro groups is 1. The Labute approximate surface area is 114 Å². The van der Waals surface area contributed by atoms with Crippen molar-refractivity contribution in [1.82, 2.24) is 9.97 Å². The number of aliphatic hydroxyl groups is 1. The van der Waals surface area contributed by atoms with Crippen LogP contribution in [0.2, 0.25) is 0 Å². The van der Waals surface area contributed by atoms with E-state index >= 15 is 0 Å². The van der Waals surface area contributed by atoms with Crippen molar-refractivity contribution in [3.05, 3.63) is 48.5 Å². The van der Waals surface area contributed by atoms with Gasteiger partial charge in [0.1, 0.15) is 0 Å². The van der Waals surface area contributed by atoms with Crippen LogP contribution >= 0.6 is 7.60 Å². The van der Waals surface area contributed by atoms with Crippen molar-refractivity contribution in [2.75, 3.05) is 0 Å². The Morgan fingerprint density at radius 3 is 2.29 bits per heavy atom. The maximum Gasteiger partial charge on any atom is 0.358 e. The molecule has 0 radical (unpaired) electrons. The number of aromatic amines is 2. The van der Waals surface area contributed by atoms with Gasteiger partial charge in [-0.15, -0.1) is 0 Å². The summed E-state index contributed by atoms with van der Waals surface area (Å²) in [4.78, 5) is 54.4. The number of aliphatic hydroxyl groups excluding tert-OH is 1. The number of H-pyrrole nitrogens is 2. The van der Waals surface area contributed by atoms with E-state index in [0.29, 0.717) is 6.07 Å². The Balaban J connectivity index is 2.93. The molecule has 1 aromatic carbocycles. The van der Waals surface area contributed by atoms with Crippen molar-refractivity contribution in [2.24, 2.45) is 0 Å². The van der Waals surface area contributed by atoms with Crippen LogP contribution in [0, 0.1) is 10.1 Å². The standard InChI is InChI=1S/C9H8N3O8P/c13-7-8(14)11-6-4(9(15)21(18,19)20)1-3(12(16)17)2-5(6)10-7/h1-2,9,15H,(H,10,13)(H,11,14)(H2,18,19,20). The summed E-state index contributed by atoms with van der Waals surface area (Å²) in [5, 5.41) is 20.4. The lowest BCUT2D eigenvalue weighted by Gasteiger charge is -2.14. The van der Waals surface area contributed by atoms with E-state index in [1.54, 1.807) is 0 Å². The Morgan fingerprint density at radius 1 is 1.19 bits per heavy atom. The molecule has 1 unspecified atom stereocenters. The average Bonchev–Trinajstić information content (AvgIpc) is 2.37. The zero-order chi connectivity index (χ0) is 15.9. The fraction of sp³-hybridized carbons (Fsp3) is 0.111. The maximum absolute atomic E-state index is 11.3. The Hall–Kier alpha value is -2.33. The van der Waals surface area contributed by atoms with Gasteiger partial charge in [-0.3, -0.25) is 24.3 Å². The number of fused-ring (bicyclic) bond motifs is 1. The van der Waals surface area contributed by atoms with Gasteiger partial charge in [-0.05, 0) is 0 Å². The summed E-state index contributed by atoms with van der Waals surface area (Å²) in [7, 11) is -5.04. The highest BCUT2D eigenvalue weighted by molar-refractivity contribution is 7.51. The van der Waals surface area contributed by atoms with Crippen molar-refractivity contribution in [2.45, 2.75) is 5.85 Å². The third-order valence-corrected chi connectivity index (χ3v) is 3.57. The molecule has 112 valence electrons. The zero-order valence-electron chi connectivity index (χ0n) is 10.0. The predicted molar refractivity (Wildman–Crippen MR) is 68.8 cm³/mol. The van der Waals surface area contributed by atoms with Gasteiger partial charge in [0.2, 0.25) is 0 Å². The maximum atomic E-state index is 11.3. The van der Waals surface area contributed by atoms with Crippen LogP contribution in [-0.4, -0.2) is 29.8 Å². The minimum Gasteiger partial charge on any atom is -0.376 e. The molecule has 12 heteroatoms. The molecule has 2 aromatic rings. The van der Waals surface area contributed by atoms with Gasteiger partial charge in [-0.25, -0.2) is 0 Å². The second kappa shape index (κ2) is 4.90. The third kappa shape index (κ3) is 2.76. The minimum absolute atomic E-state index is 0.240. The number of hydrogen-bond acceptors (Lipinski definition) is 6. The molecular formula is C9H8N3O8P. The van der Waals surface area contributed by atoms with Gasteiger partial charge in [0, 0.05) is 17.7 Å². The van der Waals surface area contributed by atoms with Crippen molar-refractivity contribution in [3.63, 3.8) is 0 Å². The molecule has 0 saturated heterocycles. The summed E-state index contributed by atoms with van der Waals surface area (Å²) in [6.07, 6.45) is 0. The van der Waals surface area contributed by atoms with Gasteiger partial charge in [0.05, 0.1) is 16.0 Å². The van der Waals surface area contributed by atoms with Crippen LogP contribution in [0.15, 0.2) is 21.7 Å². The molecule has 1 aromatic heterocycles. The normalized spacial score (nSPS) is 13.3.